The Hall–Kier alpha value is -0.990. The SMILES string of the molecule is CCCC(=O)OC(=O)CCC.O=S(=O)(O)O. The van der Waals surface area contributed by atoms with Gasteiger partial charge < -0.3 is 4.74 Å². The van der Waals surface area contributed by atoms with Gasteiger partial charge in [-0.05, 0) is 12.8 Å². The van der Waals surface area contributed by atoms with Crippen LogP contribution in [0.15, 0.2) is 0 Å². The van der Waals surface area contributed by atoms with Gasteiger partial charge >= 0.3 is 22.3 Å². The first-order valence-electron chi connectivity index (χ1n) is 4.64. The summed E-state index contributed by atoms with van der Waals surface area (Å²) in [5, 5.41) is 0. The Morgan fingerprint density at radius 2 is 1.25 bits per heavy atom. The molecular weight excluding hydrogens is 240 g/mol. The summed E-state index contributed by atoms with van der Waals surface area (Å²) in [7, 11) is -4.67. The van der Waals surface area contributed by atoms with Gasteiger partial charge in [0.1, 0.15) is 0 Å². The first-order chi connectivity index (χ1) is 7.20. The van der Waals surface area contributed by atoms with Gasteiger partial charge in [-0.3, -0.25) is 18.7 Å². The third kappa shape index (κ3) is 23.1. The third-order valence-corrected chi connectivity index (χ3v) is 1.14. The quantitative estimate of drug-likeness (QED) is 0.437. The van der Waals surface area contributed by atoms with Crippen LogP contribution >= 0.6 is 0 Å². The van der Waals surface area contributed by atoms with Gasteiger partial charge in [-0.25, -0.2) is 0 Å². The predicted molar refractivity (Wildman–Crippen MR) is 55.1 cm³/mol. The van der Waals surface area contributed by atoms with Crippen LogP contribution in [0.3, 0.4) is 0 Å². The number of carbonyl (C=O) groups excluding carboxylic acids is 2. The van der Waals surface area contributed by atoms with Crippen LogP contribution in [0.5, 0.6) is 0 Å². The second-order valence-corrected chi connectivity index (χ2v) is 3.69. The molecule has 0 bridgehead atoms. The summed E-state index contributed by atoms with van der Waals surface area (Å²) in [6.45, 7) is 3.73. The first kappa shape index (κ1) is 17.4. The van der Waals surface area contributed by atoms with Gasteiger partial charge in [-0.1, -0.05) is 13.8 Å². The summed E-state index contributed by atoms with van der Waals surface area (Å²) < 4.78 is 36.0. The molecule has 2 N–H and O–H groups in total. The number of hydrogen-bond acceptors (Lipinski definition) is 5. The minimum absolute atomic E-state index is 0.329. The standard InChI is InChI=1S/C8H14O3.H2O4S/c1-3-5-7(9)11-8(10)6-4-2;1-5(2,3)4/h3-6H2,1-2H3;(H2,1,2,3,4). The molecule has 0 saturated carbocycles. The second-order valence-electron chi connectivity index (χ2n) is 2.79. The number of rotatable bonds is 4. The molecule has 0 radical (unpaired) electrons. The highest BCUT2D eigenvalue weighted by Gasteiger charge is 2.06. The van der Waals surface area contributed by atoms with E-state index < -0.39 is 22.3 Å². The Balaban J connectivity index is 0. The monoisotopic (exact) mass is 256 g/mol. The van der Waals surface area contributed by atoms with Crippen LogP contribution in [0.1, 0.15) is 39.5 Å². The van der Waals surface area contributed by atoms with Crippen molar-refractivity contribution in [1.29, 1.82) is 0 Å². The first-order valence-corrected chi connectivity index (χ1v) is 6.03. The zero-order chi connectivity index (χ0) is 13.2. The number of hydrogen-bond donors (Lipinski definition) is 2. The lowest BCUT2D eigenvalue weighted by molar-refractivity contribution is -0.159. The summed E-state index contributed by atoms with van der Waals surface area (Å²) in [5.41, 5.74) is 0. The molecule has 0 rings (SSSR count). The number of esters is 2. The molecule has 0 amide bonds. The molecule has 0 fully saturated rings. The number of ether oxygens (including phenoxy) is 1. The van der Waals surface area contributed by atoms with Crippen molar-refractivity contribution in [2.75, 3.05) is 0 Å². The molecule has 0 aromatic rings. The van der Waals surface area contributed by atoms with Crippen molar-refractivity contribution < 1.29 is 31.8 Å². The van der Waals surface area contributed by atoms with Crippen molar-refractivity contribution in [3.63, 3.8) is 0 Å². The van der Waals surface area contributed by atoms with Gasteiger partial charge in [0.15, 0.2) is 0 Å². The average Bonchev–Trinajstić information content (AvgIpc) is 2.00. The fraction of sp³-hybridized carbons (Fsp3) is 0.750. The molecule has 8 heteroatoms. The zero-order valence-electron chi connectivity index (χ0n) is 9.17. The highest BCUT2D eigenvalue weighted by atomic mass is 32.3. The van der Waals surface area contributed by atoms with Crippen LogP contribution in [-0.4, -0.2) is 29.5 Å². The lowest BCUT2D eigenvalue weighted by Gasteiger charge is -1.98. The molecule has 0 saturated heterocycles. The number of carbonyl (C=O) groups is 2. The van der Waals surface area contributed by atoms with E-state index in [4.69, 9.17) is 17.5 Å². The van der Waals surface area contributed by atoms with Gasteiger partial charge in [-0.15, -0.1) is 0 Å². The van der Waals surface area contributed by atoms with E-state index in [-0.39, 0.29) is 0 Å². The normalized spacial score (nSPS) is 10.0. The van der Waals surface area contributed by atoms with Crippen LogP contribution in [0.25, 0.3) is 0 Å². The maximum Gasteiger partial charge on any atom is 0.394 e. The lowest BCUT2D eigenvalue weighted by atomic mass is 10.3. The lowest BCUT2D eigenvalue weighted by Crippen LogP contribution is -2.10. The highest BCUT2D eigenvalue weighted by molar-refractivity contribution is 7.79. The second kappa shape index (κ2) is 9.25. The highest BCUT2D eigenvalue weighted by Crippen LogP contribution is 1.95. The van der Waals surface area contributed by atoms with E-state index in [9.17, 15) is 9.59 Å². The summed E-state index contributed by atoms with van der Waals surface area (Å²) >= 11 is 0. The molecule has 0 aliphatic heterocycles. The molecule has 7 nitrogen and oxygen atoms in total. The molecule has 16 heavy (non-hydrogen) atoms. The Labute approximate surface area is 94.4 Å². The molecule has 0 heterocycles. The summed E-state index contributed by atoms with van der Waals surface area (Å²) in [4.78, 5) is 21.4. The zero-order valence-corrected chi connectivity index (χ0v) is 9.99. The van der Waals surface area contributed by atoms with E-state index in [1.165, 1.54) is 0 Å². The van der Waals surface area contributed by atoms with E-state index in [0.29, 0.717) is 12.8 Å². The van der Waals surface area contributed by atoms with Crippen molar-refractivity contribution in [1.82, 2.24) is 0 Å². The van der Waals surface area contributed by atoms with E-state index in [2.05, 4.69) is 4.74 Å². The van der Waals surface area contributed by atoms with Crippen LogP contribution < -0.4 is 0 Å². The Morgan fingerprint density at radius 1 is 1.00 bits per heavy atom. The van der Waals surface area contributed by atoms with Crippen molar-refractivity contribution in [3.8, 4) is 0 Å². The maximum atomic E-state index is 10.7. The van der Waals surface area contributed by atoms with E-state index in [1.54, 1.807) is 0 Å². The molecule has 0 spiro atoms. The van der Waals surface area contributed by atoms with Crippen LogP contribution in [-0.2, 0) is 24.7 Å². The molecule has 0 aromatic carbocycles. The van der Waals surface area contributed by atoms with Crippen LogP contribution in [0.2, 0.25) is 0 Å². The summed E-state index contributed by atoms with van der Waals surface area (Å²) in [6.07, 6.45) is 2.10. The molecular formula is C8H16O7S. The van der Waals surface area contributed by atoms with Crippen LogP contribution in [0, 0.1) is 0 Å². The van der Waals surface area contributed by atoms with E-state index in [0.717, 1.165) is 12.8 Å². The summed E-state index contributed by atoms with van der Waals surface area (Å²) in [6, 6.07) is 0. The Bertz CT molecular complexity index is 282. The van der Waals surface area contributed by atoms with Gasteiger partial charge in [-0.2, -0.15) is 8.42 Å². The van der Waals surface area contributed by atoms with Gasteiger partial charge in [0.2, 0.25) is 0 Å². The molecule has 0 unspecified atom stereocenters. The van der Waals surface area contributed by atoms with Crippen molar-refractivity contribution in [3.05, 3.63) is 0 Å². The molecule has 0 atom stereocenters. The molecule has 0 aliphatic carbocycles. The van der Waals surface area contributed by atoms with Gasteiger partial charge in [0.05, 0.1) is 0 Å². The smallest absolute Gasteiger partial charge is 0.393 e. The Kier molecular flexibility index (Phi) is 10.1. The molecule has 96 valence electrons. The molecule has 0 aliphatic rings. The molecule has 0 aromatic heterocycles. The minimum atomic E-state index is -4.67. The van der Waals surface area contributed by atoms with E-state index in [1.807, 2.05) is 13.8 Å². The summed E-state index contributed by atoms with van der Waals surface area (Å²) in [5.74, 6) is -0.822. The Morgan fingerprint density at radius 3 is 1.44 bits per heavy atom. The van der Waals surface area contributed by atoms with Crippen molar-refractivity contribution >= 4 is 22.3 Å². The maximum absolute atomic E-state index is 10.7. The largest absolute Gasteiger partial charge is 0.394 e. The minimum Gasteiger partial charge on any atom is -0.393 e. The van der Waals surface area contributed by atoms with Gasteiger partial charge in [0, 0.05) is 12.8 Å². The van der Waals surface area contributed by atoms with Crippen LogP contribution in [0.4, 0.5) is 0 Å². The van der Waals surface area contributed by atoms with E-state index >= 15 is 0 Å². The fourth-order valence-electron chi connectivity index (χ4n) is 0.637. The fourth-order valence-corrected chi connectivity index (χ4v) is 0.637. The topological polar surface area (TPSA) is 118 Å². The van der Waals surface area contributed by atoms with Crippen molar-refractivity contribution in [2.45, 2.75) is 39.5 Å². The predicted octanol–water partition coefficient (Wildman–Crippen LogP) is 1.00. The average molecular weight is 256 g/mol. The van der Waals surface area contributed by atoms with Gasteiger partial charge in [0.25, 0.3) is 0 Å². The third-order valence-electron chi connectivity index (χ3n) is 1.14. The van der Waals surface area contributed by atoms with Crippen molar-refractivity contribution in [2.24, 2.45) is 0 Å².